The van der Waals surface area contributed by atoms with E-state index in [2.05, 4.69) is 47.6 Å². The van der Waals surface area contributed by atoms with Crippen LogP contribution < -0.4 is 0 Å². The first-order valence-electron chi connectivity index (χ1n) is 4.97. The summed E-state index contributed by atoms with van der Waals surface area (Å²) in [7, 11) is 0. The normalized spacial score (nSPS) is 18.5. The Morgan fingerprint density at radius 1 is 1.23 bits per heavy atom. The molecule has 0 saturated heterocycles. The van der Waals surface area contributed by atoms with Crippen molar-refractivity contribution in [2.24, 2.45) is 5.41 Å². The van der Waals surface area contributed by atoms with Gasteiger partial charge in [0.25, 0.3) is 0 Å². The molecule has 1 unspecified atom stereocenters. The third-order valence-electron chi connectivity index (χ3n) is 2.04. The topological polar surface area (TPSA) is 0 Å². The molecule has 0 fully saturated rings. The molecule has 0 aromatic carbocycles. The Balaban J connectivity index is 4.25. The lowest BCUT2D eigenvalue weighted by atomic mass is 9.82. The molecule has 0 aromatic heterocycles. The number of halogens is 1. The van der Waals surface area contributed by atoms with E-state index < -0.39 is 0 Å². The Morgan fingerprint density at radius 2 is 1.69 bits per heavy atom. The Bertz CT molecular complexity index is 182. The van der Waals surface area contributed by atoms with Gasteiger partial charge in [0.2, 0.25) is 0 Å². The van der Waals surface area contributed by atoms with E-state index >= 15 is 0 Å². The molecule has 13 heavy (non-hydrogen) atoms. The maximum Gasteiger partial charge on any atom is 0.0460 e. The van der Waals surface area contributed by atoms with Crippen LogP contribution >= 0.6 is 11.6 Å². The van der Waals surface area contributed by atoms with Gasteiger partial charge in [-0.3, -0.25) is 0 Å². The largest absolute Gasteiger partial charge is 0.119 e. The van der Waals surface area contributed by atoms with Crippen molar-refractivity contribution in [3.63, 3.8) is 0 Å². The summed E-state index contributed by atoms with van der Waals surface area (Å²) in [5.41, 5.74) is 1.69. The van der Waals surface area contributed by atoms with Gasteiger partial charge in [0.05, 0.1) is 0 Å². The second kappa shape index (κ2) is 4.50. The summed E-state index contributed by atoms with van der Waals surface area (Å²) in [6.07, 6.45) is 4.18. The van der Waals surface area contributed by atoms with Crippen molar-refractivity contribution in [3.8, 4) is 0 Å². The number of alkyl halides is 1. The highest BCUT2D eigenvalue weighted by Crippen LogP contribution is 2.36. The first-order chi connectivity index (χ1) is 5.66. The predicted molar refractivity (Wildman–Crippen MR) is 62.4 cm³/mol. The molecule has 0 amide bonds. The Labute approximate surface area is 88.4 Å². The molecule has 0 saturated carbocycles. The second-order valence-corrected chi connectivity index (χ2v) is 6.38. The van der Waals surface area contributed by atoms with E-state index in [9.17, 15) is 0 Å². The SMILES string of the molecule is C/C=C(\C)CC(C)(Cl)CC(C)(C)C. The molecule has 0 nitrogen and oxygen atoms in total. The average Bonchev–Trinajstić information content (AvgIpc) is 1.80. The van der Waals surface area contributed by atoms with Crippen molar-refractivity contribution >= 4 is 11.6 Å². The molecule has 78 valence electrons. The molecule has 0 radical (unpaired) electrons. The third-order valence-corrected chi connectivity index (χ3v) is 2.31. The first-order valence-corrected chi connectivity index (χ1v) is 5.35. The van der Waals surface area contributed by atoms with Gasteiger partial charge in [0.1, 0.15) is 0 Å². The zero-order chi connectivity index (χ0) is 10.7. The van der Waals surface area contributed by atoms with Crippen LogP contribution in [0.25, 0.3) is 0 Å². The number of rotatable bonds is 3. The van der Waals surface area contributed by atoms with Gasteiger partial charge in [-0.2, -0.15) is 0 Å². The van der Waals surface area contributed by atoms with Crippen molar-refractivity contribution in [1.29, 1.82) is 0 Å². The zero-order valence-corrected chi connectivity index (χ0v) is 10.6. The summed E-state index contributed by atoms with van der Waals surface area (Å²) in [4.78, 5) is -0.0884. The summed E-state index contributed by atoms with van der Waals surface area (Å²) in [5.74, 6) is 0. The van der Waals surface area contributed by atoms with Gasteiger partial charge >= 0.3 is 0 Å². The molecule has 0 aliphatic heterocycles. The van der Waals surface area contributed by atoms with Gasteiger partial charge in [-0.05, 0) is 39.0 Å². The van der Waals surface area contributed by atoms with Crippen LogP contribution in [0, 0.1) is 5.41 Å². The Hall–Kier alpha value is 0.0300. The molecule has 1 heteroatoms. The minimum absolute atomic E-state index is 0.0884. The molecule has 0 aliphatic rings. The molecule has 1 atom stereocenters. The van der Waals surface area contributed by atoms with Gasteiger partial charge in [0.15, 0.2) is 0 Å². The van der Waals surface area contributed by atoms with Gasteiger partial charge < -0.3 is 0 Å². The van der Waals surface area contributed by atoms with E-state index in [1.165, 1.54) is 5.57 Å². The van der Waals surface area contributed by atoms with Crippen molar-refractivity contribution in [1.82, 2.24) is 0 Å². The first kappa shape index (κ1) is 13.0. The van der Waals surface area contributed by atoms with Crippen LogP contribution in [0.3, 0.4) is 0 Å². The van der Waals surface area contributed by atoms with Crippen LogP contribution in [0.5, 0.6) is 0 Å². The van der Waals surface area contributed by atoms with E-state index in [4.69, 9.17) is 11.6 Å². The number of allylic oxidation sites excluding steroid dienone is 2. The lowest BCUT2D eigenvalue weighted by molar-refractivity contribution is 0.323. The van der Waals surface area contributed by atoms with E-state index in [1.807, 2.05) is 0 Å². The molecule has 0 aliphatic carbocycles. The lowest BCUT2D eigenvalue weighted by Gasteiger charge is -2.30. The maximum atomic E-state index is 6.45. The molecular formula is C12H23Cl. The molecular weight excluding hydrogens is 180 g/mol. The van der Waals surface area contributed by atoms with Crippen LogP contribution in [0.2, 0.25) is 0 Å². The average molecular weight is 203 g/mol. The highest BCUT2D eigenvalue weighted by atomic mass is 35.5. The third kappa shape index (κ3) is 7.13. The van der Waals surface area contributed by atoms with Crippen LogP contribution in [-0.2, 0) is 0 Å². The molecule has 0 N–H and O–H groups in total. The van der Waals surface area contributed by atoms with Gasteiger partial charge in [-0.15, -0.1) is 11.6 Å². The fourth-order valence-electron chi connectivity index (χ4n) is 1.85. The van der Waals surface area contributed by atoms with Crippen LogP contribution in [0.4, 0.5) is 0 Å². The highest BCUT2D eigenvalue weighted by molar-refractivity contribution is 6.23. The number of hydrogen-bond acceptors (Lipinski definition) is 0. The summed E-state index contributed by atoms with van der Waals surface area (Å²) >= 11 is 6.45. The molecule has 0 rings (SSSR count). The maximum absolute atomic E-state index is 6.45. The minimum Gasteiger partial charge on any atom is -0.119 e. The smallest absolute Gasteiger partial charge is 0.0460 e. The predicted octanol–water partition coefficient (Wildman–Crippen LogP) is 4.78. The molecule has 0 bridgehead atoms. The van der Waals surface area contributed by atoms with Crippen LogP contribution in [0.1, 0.15) is 54.4 Å². The van der Waals surface area contributed by atoms with Crippen molar-refractivity contribution in [2.75, 3.05) is 0 Å². The molecule has 0 aromatic rings. The zero-order valence-electron chi connectivity index (χ0n) is 9.87. The van der Waals surface area contributed by atoms with Gasteiger partial charge in [-0.25, -0.2) is 0 Å². The van der Waals surface area contributed by atoms with E-state index in [0.717, 1.165) is 12.8 Å². The van der Waals surface area contributed by atoms with E-state index in [-0.39, 0.29) is 4.87 Å². The Morgan fingerprint density at radius 3 is 2.00 bits per heavy atom. The summed E-state index contributed by atoms with van der Waals surface area (Å²) < 4.78 is 0. The van der Waals surface area contributed by atoms with Crippen molar-refractivity contribution < 1.29 is 0 Å². The summed E-state index contributed by atoms with van der Waals surface area (Å²) in [5, 5.41) is 0. The van der Waals surface area contributed by atoms with Crippen molar-refractivity contribution in [3.05, 3.63) is 11.6 Å². The van der Waals surface area contributed by atoms with Crippen LogP contribution in [-0.4, -0.2) is 4.87 Å². The fourth-order valence-corrected chi connectivity index (χ4v) is 2.46. The quantitative estimate of drug-likeness (QED) is 0.457. The lowest BCUT2D eigenvalue weighted by Crippen LogP contribution is -2.24. The van der Waals surface area contributed by atoms with Gasteiger partial charge in [0, 0.05) is 4.87 Å². The summed E-state index contributed by atoms with van der Waals surface area (Å²) in [6, 6.07) is 0. The van der Waals surface area contributed by atoms with Gasteiger partial charge in [-0.1, -0.05) is 32.4 Å². The van der Waals surface area contributed by atoms with Crippen LogP contribution in [0.15, 0.2) is 11.6 Å². The molecule has 0 heterocycles. The fraction of sp³-hybridized carbons (Fsp3) is 0.833. The standard InChI is InChI=1S/C12H23Cl/c1-7-10(2)8-12(6,13)9-11(3,4)5/h7H,8-9H2,1-6H3/b10-7+. The second-order valence-electron chi connectivity index (χ2n) is 5.46. The van der Waals surface area contributed by atoms with E-state index in [0.29, 0.717) is 5.41 Å². The number of hydrogen-bond donors (Lipinski definition) is 0. The van der Waals surface area contributed by atoms with E-state index in [1.54, 1.807) is 0 Å². The summed E-state index contributed by atoms with van der Waals surface area (Å²) in [6.45, 7) is 13.0. The Kier molecular flexibility index (Phi) is 4.51. The van der Waals surface area contributed by atoms with Crippen molar-refractivity contribution in [2.45, 2.75) is 59.3 Å². The molecule has 0 spiro atoms. The monoisotopic (exact) mass is 202 g/mol. The highest BCUT2D eigenvalue weighted by Gasteiger charge is 2.27. The minimum atomic E-state index is -0.0884.